The van der Waals surface area contributed by atoms with Crippen molar-refractivity contribution in [2.24, 2.45) is 5.73 Å². The highest BCUT2D eigenvalue weighted by Crippen LogP contribution is 2.22. The molecule has 0 aliphatic carbocycles. The van der Waals surface area contributed by atoms with Crippen LogP contribution in [0.4, 0.5) is 13.2 Å². The van der Waals surface area contributed by atoms with E-state index in [0.29, 0.717) is 0 Å². The van der Waals surface area contributed by atoms with Crippen LogP contribution in [0.5, 0.6) is 0 Å². The van der Waals surface area contributed by atoms with E-state index in [1.54, 1.807) is 6.92 Å². The fourth-order valence-electron chi connectivity index (χ4n) is 0.947. The molecule has 0 aliphatic rings. The predicted molar refractivity (Wildman–Crippen MR) is 43.2 cm³/mol. The number of rotatable bonds is 5. The lowest BCUT2D eigenvalue weighted by Gasteiger charge is -2.06. The zero-order chi connectivity index (χ0) is 10.5. The molecule has 0 aromatic rings. The van der Waals surface area contributed by atoms with E-state index in [1.165, 1.54) is 0 Å². The summed E-state index contributed by atoms with van der Waals surface area (Å²) >= 11 is 0. The van der Waals surface area contributed by atoms with E-state index in [1.807, 2.05) is 0 Å². The van der Waals surface area contributed by atoms with Crippen molar-refractivity contribution in [1.29, 1.82) is 0 Å². The van der Waals surface area contributed by atoms with Crippen molar-refractivity contribution in [2.45, 2.75) is 44.8 Å². The van der Waals surface area contributed by atoms with Crippen LogP contribution >= 0.6 is 0 Å². The van der Waals surface area contributed by atoms with Gasteiger partial charge in [0.2, 0.25) is 0 Å². The van der Waals surface area contributed by atoms with Crippen LogP contribution in [0.25, 0.3) is 0 Å². The molecule has 0 radical (unpaired) electrons. The van der Waals surface area contributed by atoms with E-state index in [9.17, 15) is 18.0 Å². The van der Waals surface area contributed by atoms with E-state index in [-0.39, 0.29) is 31.1 Å². The van der Waals surface area contributed by atoms with Gasteiger partial charge in [-0.15, -0.1) is 0 Å². The van der Waals surface area contributed by atoms with Crippen molar-refractivity contribution in [2.75, 3.05) is 0 Å². The highest BCUT2D eigenvalue weighted by molar-refractivity contribution is 5.78. The zero-order valence-electron chi connectivity index (χ0n) is 7.53. The largest absolute Gasteiger partial charge is 0.389 e. The molecule has 0 aromatic heterocycles. The number of hydrogen-bond donors (Lipinski definition) is 1. The quantitative estimate of drug-likeness (QED) is 0.732. The minimum atomic E-state index is -4.16. The Labute approximate surface area is 75.3 Å². The number of nitrogens with two attached hydrogens (primary N) is 1. The minimum Gasteiger partial charge on any atom is -0.328 e. The summed E-state index contributed by atoms with van der Waals surface area (Å²) in [7, 11) is 0. The lowest BCUT2D eigenvalue weighted by Crippen LogP contribution is -2.19. The van der Waals surface area contributed by atoms with Gasteiger partial charge >= 0.3 is 6.18 Å². The Balaban J connectivity index is 3.49. The first-order chi connectivity index (χ1) is 5.81. The Kier molecular flexibility index (Phi) is 4.98. The maximum atomic E-state index is 11.6. The van der Waals surface area contributed by atoms with Gasteiger partial charge in [-0.25, -0.2) is 0 Å². The molecule has 0 heterocycles. The summed E-state index contributed by atoms with van der Waals surface area (Å²) in [5.74, 6) is -0.195. The smallest absolute Gasteiger partial charge is 0.328 e. The summed E-state index contributed by atoms with van der Waals surface area (Å²) in [6, 6.07) is -0.265. The van der Waals surface area contributed by atoms with Gasteiger partial charge in [-0.1, -0.05) is 0 Å². The van der Waals surface area contributed by atoms with Gasteiger partial charge < -0.3 is 5.73 Å². The number of hydrogen-bond acceptors (Lipinski definition) is 2. The molecule has 0 rings (SSSR count). The second-order valence-electron chi connectivity index (χ2n) is 3.19. The summed E-state index contributed by atoms with van der Waals surface area (Å²) in [6.45, 7) is 1.65. The number of Topliss-reactive ketones (excluding diaryl/α,β-unsaturated/α-hetero) is 1. The molecule has 5 heteroatoms. The molecule has 0 fully saturated rings. The van der Waals surface area contributed by atoms with Gasteiger partial charge in [-0.3, -0.25) is 4.79 Å². The molecule has 1 unspecified atom stereocenters. The SMILES string of the molecule is CC(N)CC(=O)CCCC(F)(F)F. The monoisotopic (exact) mass is 197 g/mol. The highest BCUT2D eigenvalue weighted by Gasteiger charge is 2.26. The Hall–Kier alpha value is -0.580. The molecule has 78 valence electrons. The minimum absolute atomic E-state index is 0.0267. The predicted octanol–water partition coefficient (Wildman–Crippen LogP) is 2.03. The molecule has 2 N–H and O–H groups in total. The van der Waals surface area contributed by atoms with Crippen molar-refractivity contribution in [1.82, 2.24) is 0 Å². The Morgan fingerprint density at radius 2 is 2.00 bits per heavy atom. The molecule has 1 atom stereocenters. The average Bonchev–Trinajstić information content (AvgIpc) is 1.81. The van der Waals surface area contributed by atoms with E-state index in [4.69, 9.17) is 5.73 Å². The summed E-state index contributed by atoms with van der Waals surface area (Å²) in [6.07, 6.45) is -5.04. The van der Waals surface area contributed by atoms with Crippen LogP contribution in [0.3, 0.4) is 0 Å². The first kappa shape index (κ1) is 12.4. The number of carbonyl (C=O) groups is 1. The van der Waals surface area contributed by atoms with E-state index < -0.39 is 12.6 Å². The van der Waals surface area contributed by atoms with Crippen LogP contribution in [0.15, 0.2) is 0 Å². The summed E-state index contributed by atoms with van der Waals surface area (Å²) < 4.78 is 34.9. The van der Waals surface area contributed by atoms with Gasteiger partial charge in [0.15, 0.2) is 0 Å². The van der Waals surface area contributed by atoms with Crippen LogP contribution < -0.4 is 5.73 Å². The second kappa shape index (κ2) is 5.21. The molecule has 0 saturated heterocycles. The van der Waals surface area contributed by atoms with Crippen molar-refractivity contribution >= 4 is 5.78 Å². The summed E-state index contributed by atoms with van der Waals surface area (Å²) in [4.78, 5) is 10.9. The van der Waals surface area contributed by atoms with Crippen molar-refractivity contribution < 1.29 is 18.0 Å². The van der Waals surface area contributed by atoms with Gasteiger partial charge in [0.25, 0.3) is 0 Å². The van der Waals surface area contributed by atoms with Gasteiger partial charge in [0, 0.05) is 25.3 Å². The van der Waals surface area contributed by atoms with Crippen LogP contribution in [0.2, 0.25) is 0 Å². The van der Waals surface area contributed by atoms with Gasteiger partial charge in [-0.05, 0) is 13.3 Å². The molecule has 0 aliphatic heterocycles. The highest BCUT2D eigenvalue weighted by atomic mass is 19.4. The Morgan fingerprint density at radius 3 is 2.38 bits per heavy atom. The third-order valence-corrected chi connectivity index (χ3v) is 1.47. The third kappa shape index (κ3) is 9.33. The van der Waals surface area contributed by atoms with Crippen LogP contribution in [-0.2, 0) is 4.79 Å². The standard InChI is InChI=1S/C8H14F3NO/c1-6(12)5-7(13)3-2-4-8(9,10)11/h6H,2-5,12H2,1H3. The van der Waals surface area contributed by atoms with E-state index >= 15 is 0 Å². The van der Waals surface area contributed by atoms with Crippen LogP contribution in [0.1, 0.15) is 32.6 Å². The lowest BCUT2D eigenvalue weighted by molar-refractivity contribution is -0.137. The number of carbonyl (C=O) groups excluding carboxylic acids is 1. The fraction of sp³-hybridized carbons (Fsp3) is 0.875. The topological polar surface area (TPSA) is 43.1 Å². The molecule has 2 nitrogen and oxygen atoms in total. The summed E-state index contributed by atoms with van der Waals surface area (Å²) in [5, 5.41) is 0. The van der Waals surface area contributed by atoms with Crippen LogP contribution in [-0.4, -0.2) is 18.0 Å². The number of halogens is 3. The fourth-order valence-corrected chi connectivity index (χ4v) is 0.947. The molecule has 0 saturated carbocycles. The van der Waals surface area contributed by atoms with Gasteiger partial charge in [0.05, 0.1) is 0 Å². The molecule has 0 spiro atoms. The lowest BCUT2D eigenvalue weighted by atomic mass is 10.1. The first-order valence-electron chi connectivity index (χ1n) is 4.15. The maximum Gasteiger partial charge on any atom is 0.389 e. The molecular formula is C8H14F3NO. The Bertz CT molecular complexity index is 165. The number of alkyl halides is 3. The first-order valence-corrected chi connectivity index (χ1v) is 4.15. The van der Waals surface area contributed by atoms with Crippen LogP contribution in [0, 0.1) is 0 Å². The van der Waals surface area contributed by atoms with Crippen molar-refractivity contribution in [3.8, 4) is 0 Å². The second-order valence-corrected chi connectivity index (χ2v) is 3.19. The summed E-state index contributed by atoms with van der Waals surface area (Å²) in [5.41, 5.74) is 5.31. The van der Waals surface area contributed by atoms with Gasteiger partial charge in [-0.2, -0.15) is 13.2 Å². The van der Waals surface area contributed by atoms with E-state index in [0.717, 1.165) is 0 Å². The van der Waals surface area contributed by atoms with Crippen molar-refractivity contribution in [3.05, 3.63) is 0 Å². The van der Waals surface area contributed by atoms with Crippen molar-refractivity contribution in [3.63, 3.8) is 0 Å². The normalized spacial score (nSPS) is 14.2. The maximum absolute atomic E-state index is 11.6. The zero-order valence-corrected chi connectivity index (χ0v) is 7.53. The third-order valence-electron chi connectivity index (χ3n) is 1.47. The molecule has 13 heavy (non-hydrogen) atoms. The molecular weight excluding hydrogens is 183 g/mol. The molecule has 0 bridgehead atoms. The molecule has 0 aromatic carbocycles. The number of ketones is 1. The average molecular weight is 197 g/mol. The molecule has 0 amide bonds. The van der Waals surface area contributed by atoms with Gasteiger partial charge in [0.1, 0.15) is 5.78 Å². The van der Waals surface area contributed by atoms with E-state index in [2.05, 4.69) is 0 Å². The Morgan fingerprint density at radius 1 is 1.46 bits per heavy atom.